The molecule has 0 aliphatic heterocycles. The van der Waals surface area contributed by atoms with Gasteiger partial charge in [-0.1, -0.05) is 6.07 Å². The molecule has 0 fully saturated rings. The average molecular weight is 448 g/mol. The summed E-state index contributed by atoms with van der Waals surface area (Å²) in [4.78, 5) is 15.4. The molecular weight excluding hydrogens is 422 g/mol. The molecule has 0 aromatic carbocycles. The number of hydrogen-bond donors (Lipinski definition) is 1. The van der Waals surface area contributed by atoms with Crippen molar-refractivity contribution >= 4 is 27.8 Å². The number of imidazole rings is 1. The molecule has 1 N–H and O–H groups in total. The molecule has 0 amide bonds. The maximum Gasteiger partial charge on any atom is 0.365 e. The van der Waals surface area contributed by atoms with Crippen LogP contribution in [0, 0.1) is 0 Å². The van der Waals surface area contributed by atoms with Crippen LogP contribution >= 0.6 is 16.2 Å². The number of carboxylic acids is 1. The van der Waals surface area contributed by atoms with Crippen molar-refractivity contribution in [2.24, 2.45) is 0 Å². The zero-order valence-electron chi connectivity index (χ0n) is 16.8. The number of rotatable bonds is 13. The van der Waals surface area contributed by atoms with E-state index in [1.54, 1.807) is 45.9 Å². The van der Waals surface area contributed by atoms with E-state index in [1.165, 1.54) is 10.6 Å². The molecule has 0 spiro atoms. The molecule has 0 saturated carbocycles. The van der Waals surface area contributed by atoms with E-state index in [-0.39, 0.29) is 18.9 Å². The number of nitrogens with zero attached hydrogens (tertiary/aromatic N) is 2. The molecule has 0 radical (unpaired) electrons. The lowest BCUT2D eigenvalue weighted by molar-refractivity contribution is 0.0691. The van der Waals surface area contributed by atoms with Gasteiger partial charge in [0, 0.05) is 6.20 Å². The van der Waals surface area contributed by atoms with Crippen LogP contribution in [-0.4, -0.2) is 46.9 Å². The minimum Gasteiger partial charge on any atom is -0.476 e. The van der Waals surface area contributed by atoms with Crippen molar-refractivity contribution in [1.29, 1.82) is 0 Å². The Morgan fingerprint density at radius 3 is 2.28 bits per heavy atom. The van der Waals surface area contributed by atoms with Crippen molar-refractivity contribution in [3.8, 4) is 0 Å². The Kier molecular flexibility index (Phi) is 9.17. The van der Waals surface area contributed by atoms with Crippen LogP contribution in [0.1, 0.15) is 49.7 Å². The van der Waals surface area contributed by atoms with Gasteiger partial charge in [-0.05, 0) is 39.8 Å². The zero-order chi connectivity index (χ0) is 21.4. The van der Waals surface area contributed by atoms with Gasteiger partial charge < -0.3 is 23.2 Å². The minimum atomic E-state index is -3.83. The molecule has 0 aliphatic carbocycles. The molecule has 0 saturated heterocycles. The monoisotopic (exact) mass is 448 g/mol. The van der Waals surface area contributed by atoms with Gasteiger partial charge in [-0.25, -0.2) is 9.78 Å². The van der Waals surface area contributed by atoms with Crippen molar-refractivity contribution in [2.75, 3.05) is 26.4 Å². The van der Waals surface area contributed by atoms with Gasteiger partial charge in [0.25, 0.3) is 0 Å². The first-order chi connectivity index (χ1) is 13.9. The highest BCUT2D eigenvalue weighted by molar-refractivity contribution is 7.54. The third-order valence-electron chi connectivity index (χ3n) is 3.56. The molecule has 2 heterocycles. The zero-order valence-corrected chi connectivity index (χ0v) is 18.6. The van der Waals surface area contributed by atoms with Crippen molar-refractivity contribution in [1.82, 2.24) is 9.38 Å². The van der Waals surface area contributed by atoms with Crippen LogP contribution < -0.4 is 0 Å². The van der Waals surface area contributed by atoms with Gasteiger partial charge in [0.1, 0.15) is 5.65 Å². The summed E-state index contributed by atoms with van der Waals surface area (Å²) in [7, 11) is -5.69. The minimum absolute atomic E-state index is 0.124. The van der Waals surface area contributed by atoms with E-state index in [0.717, 1.165) is 0 Å². The third-order valence-corrected chi connectivity index (χ3v) is 7.22. The van der Waals surface area contributed by atoms with Crippen molar-refractivity contribution < 1.29 is 37.1 Å². The molecule has 10 nitrogen and oxygen atoms in total. The number of carboxylic acid groups (broad SMARTS) is 1. The summed E-state index contributed by atoms with van der Waals surface area (Å²) in [6.07, 6.45) is 1.33. The Morgan fingerprint density at radius 1 is 1.14 bits per heavy atom. The number of fused-ring (bicyclic) bond motifs is 1. The molecule has 1 unspecified atom stereocenters. The van der Waals surface area contributed by atoms with Gasteiger partial charge >= 0.3 is 22.2 Å². The number of pyridine rings is 1. The predicted molar refractivity (Wildman–Crippen MR) is 107 cm³/mol. The first kappa shape index (κ1) is 23.9. The highest BCUT2D eigenvalue weighted by Crippen LogP contribution is 2.65. The second-order valence-electron chi connectivity index (χ2n) is 5.50. The van der Waals surface area contributed by atoms with Gasteiger partial charge in [-0.15, -0.1) is 0 Å². The summed E-state index contributed by atoms with van der Waals surface area (Å²) >= 11 is 0. The van der Waals surface area contributed by atoms with Crippen LogP contribution in [0.25, 0.3) is 5.65 Å². The number of aromatic nitrogens is 2. The van der Waals surface area contributed by atoms with E-state index in [4.69, 9.17) is 22.6 Å². The van der Waals surface area contributed by atoms with Crippen LogP contribution in [0.4, 0.5) is 0 Å². The lowest BCUT2D eigenvalue weighted by Gasteiger charge is -2.29. The Morgan fingerprint density at radius 2 is 1.76 bits per heavy atom. The maximum atomic E-state index is 13.6. The predicted octanol–water partition coefficient (Wildman–Crippen LogP) is 4.61. The second kappa shape index (κ2) is 11.1. The smallest absolute Gasteiger partial charge is 0.365 e. The largest absolute Gasteiger partial charge is 0.476 e. The molecular formula is C17H26N2O8P2. The van der Waals surface area contributed by atoms with Crippen LogP contribution in [0.15, 0.2) is 24.4 Å². The van der Waals surface area contributed by atoms with Gasteiger partial charge in [0.2, 0.25) is 5.85 Å². The van der Waals surface area contributed by atoms with Gasteiger partial charge in [0.15, 0.2) is 5.69 Å². The molecule has 162 valence electrons. The van der Waals surface area contributed by atoms with Crippen LogP contribution in [0.3, 0.4) is 0 Å². The summed E-state index contributed by atoms with van der Waals surface area (Å²) in [6.45, 7) is 7.85. The summed E-state index contributed by atoms with van der Waals surface area (Å²) in [5, 5.41) is 9.28. The number of hydrogen-bond acceptors (Lipinski definition) is 8. The lowest BCUT2D eigenvalue weighted by Crippen LogP contribution is -2.13. The van der Waals surface area contributed by atoms with Gasteiger partial charge in [0.05, 0.1) is 32.1 Å². The Hall–Kier alpha value is -1.38. The molecule has 0 aliphatic rings. The summed E-state index contributed by atoms with van der Waals surface area (Å²) in [6, 6.07) is 4.93. The quantitative estimate of drug-likeness (QED) is 0.438. The normalized spacial score (nSPS) is 13.3. The van der Waals surface area contributed by atoms with Gasteiger partial charge in [-0.2, -0.15) is 0 Å². The molecule has 0 bridgehead atoms. The summed E-state index contributed by atoms with van der Waals surface area (Å²) < 4.78 is 43.1. The molecule has 2 aromatic rings. The fraction of sp³-hybridized carbons (Fsp3) is 0.529. The Bertz CT molecular complexity index is 843. The van der Waals surface area contributed by atoms with Crippen molar-refractivity contribution in [2.45, 2.75) is 33.5 Å². The topological polar surface area (TPSA) is 118 Å². The fourth-order valence-electron chi connectivity index (χ4n) is 2.53. The van der Waals surface area contributed by atoms with E-state index in [0.29, 0.717) is 24.6 Å². The maximum absolute atomic E-state index is 13.6. The number of aromatic carboxylic acids is 1. The van der Waals surface area contributed by atoms with E-state index >= 15 is 0 Å². The van der Waals surface area contributed by atoms with Crippen LogP contribution in [0.5, 0.6) is 0 Å². The third kappa shape index (κ3) is 5.83. The highest BCUT2D eigenvalue weighted by atomic mass is 31.2. The van der Waals surface area contributed by atoms with E-state index in [1.807, 2.05) is 0 Å². The molecule has 2 rings (SSSR count). The first-order valence-electron chi connectivity index (χ1n) is 9.22. The molecule has 29 heavy (non-hydrogen) atoms. The van der Waals surface area contributed by atoms with Crippen molar-refractivity contribution in [3.05, 3.63) is 35.8 Å². The highest BCUT2D eigenvalue weighted by Gasteiger charge is 2.42. The van der Waals surface area contributed by atoms with Crippen molar-refractivity contribution in [3.63, 3.8) is 0 Å². The van der Waals surface area contributed by atoms with E-state index in [9.17, 15) is 14.5 Å². The Labute approximate surface area is 170 Å². The average Bonchev–Trinajstić information content (AvgIpc) is 3.11. The fourth-order valence-corrected chi connectivity index (χ4v) is 5.71. The summed E-state index contributed by atoms with van der Waals surface area (Å²) in [5.41, 5.74) is 0.542. The molecule has 2 aromatic heterocycles. The lowest BCUT2D eigenvalue weighted by atomic mass is 10.3. The second-order valence-corrected chi connectivity index (χ2v) is 8.74. The van der Waals surface area contributed by atoms with Crippen LogP contribution in [0.2, 0.25) is 0 Å². The standard InChI is InChI=1S/C17H26N2O8P2/c1-5-23-28(24-6-2)27-17(29(22,25-7-3)26-8-4)14-10-9-11-15-18-13(16(20)21)12-19(14)15/h9-12,17H,5-8H2,1-4H3,(H,20,21). The molecule has 1 atom stereocenters. The first-order valence-corrected chi connectivity index (χ1v) is 11.9. The Balaban J connectivity index is 2.61. The van der Waals surface area contributed by atoms with E-state index < -0.39 is 28.0 Å². The van der Waals surface area contributed by atoms with Gasteiger partial charge in [-0.3, -0.25) is 13.5 Å². The SMILES string of the molecule is CCOP(OCC)OC(c1cccc2nc(C(=O)O)cn12)P(=O)(OCC)OCC. The molecule has 12 heteroatoms. The summed E-state index contributed by atoms with van der Waals surface area (Å²) in [5.74, 6) is -2.40. The number of carbonyl (C=O) groups is 1. The van der Waals surface area contributed by atoms with Crippen LogP contribution in [-0.2, 0) is 27.2 Å². The van der Waals surface area contributed by atoms with E-state index in [2.05, 4.69) is 4.98 Å².